The Morgan fingerprint density at radius 3 is 2.59 bits per heavy atom. The second kappa shape index (κ2) is 5.85. The molecule has 0 radical (unpaired) electrons. The van der Waals surface area contributed by atoms with Gasteiger partial charge in [-0.3, -0.25) is 4.68 Å². The molecule has 4 nitrogen and oxygen atoms in total. The van der Waals surface area contributed by atoms with Gasteiger partial charge in [0.1, 0.15) is 0 Å². The maximum atomic E-state index is 10.4. The van der Waals surface area contributed by atoms with Gasteiger partial charge in [0.2, 0.25) is 0 Å². The molecule has 0 bridgehead atoms. The van der Waals surface area contributed by atoms with Crippen molar-refractivity contribution in [3.8, 4) is 0 Å². The van der Waals surface area contributed by atoms with Crippen molar-refractivity contribution in [1.29, 1.82) is 0 Å². The predicted octanol–water partition coefficient (Wildman–Crippen LogP) is 2.19. The molecule has 5 heteroatoms. The molecule has 0 aliphatic carbocycles. The zero-order valence-electron chi connectivity index (χ0n) is 11.0. The third-order valence-electron chi connectivity index (χ3n) is 3.02. The summed E-state index contributed by atoms with van der Waals surface area (Å²) in [6.07, 6.45) is 1.08. The number of hydrogen-bond donors (Lipinski definition) is 1. The van der Waals surface area contributed by atoms with Crippen molar-refractivity contribution in [2.75, 3.05) is 13.7 Å². The quantitative estimate of drug-likeness (QED) is 0.853. The predicted molar refractivity (Wildman–Crippen MR) is 68.5 cm³/mol. The molecular weight excluding hydrogens is 240 g/mol. The highest BCUT2D eigenvalue weighted by Crippen LogP contribution is 2.26. The van der Waals surface area contributed by atoms with Crippen molar-refractivity contribution >= 4 is 11.6 Å². The summed E-state index contributed by atoms with van der Waals surface area (Å²) >= 11 is 6.22. The molecule has 0 spiro atoms. The third-order valence-corrected chi connectivity index (χ3v) is 3.51. The number of aliphatic hydroxyl groups is 1. The van der Waals surface area contributed by atoms with Gasteiger partial charge < -0.3 is 9.84 Å². The van der Waals surface area contributed by atoms with Gasteiger partial charge in [-0.25, -0.2) is 0 Å². The minimum absolute atomic E-state index is 0.299. The molecule has 0 saturated heterocycles. The van der Waals surface area contributed by atoms with Crippen molar-refractivity contribution in [2.45, 2.75) is 45.8 Å². The fourth-order valence-corrected chi connectivity index (χ4v) is 2.10. The van der Waals surface area contributed by atoms with Crippen molar-refractivity contribution < 1.29 is 9.84 Å². The Kier molecular flexibility index (Phi) is 4.98. The molecule has 0 aliphatic rings. The van der Waals surface area contributed by atoms with Crippen molar-refractivity contribution in [1.82, 2.24) is 9.78 Å². The minimum atomic E-state index is -0.877. The molecule has 1 aromatic heterocycles. The van der Waals surface area contributed by atoms with Gasteiger partial charge in [0.05, 0.1) is 28.6 Å². The Balaban J connectivity index is 3.00. The number of halogens is 1. The lowest BCUT2D eigenvalue weighted by molar-refractivity contribution is -0.0345. The lowest BCUT2D eigenvalue weighted by Gasteiger charge is -2.26. The molecule has 17 heavy (non-hydrogen) atoms. The highest BCUT2D eigenvalue weighted by Gasteiger charge is 2.28. The molecule has 0 amide bonds. The second-order valence-corrected chi connectivity index (χ2v) is 4.73. The Hall–Kier alpha value is -0.580. The van der Waals surface area contributed by atoms with E-state index in [9.17, 15) is 5.11 Å². The number of aryl methyl sites for hydroxylation is 2. The Morgan fingerprint density at radius 2 is 2.12 bits per heavy atom. The van der Waals surface area contributed by atoms with Gasteiger partial charge in [-0.2, -0.15) is 5.10 Å². The summed E-state index contributed by atoms with van der Waals surface area (Å²) in [4.78, 5) is 0. The number of aromatic nitrogens is 2. The molecule has 98 valence electrons. The average molecular weight is 261 g/mol. The summed E-state index contributed by atoms with van der Waals surface area (Å²) in [5.74, 6) is 0. The minimum Gasteiger partial charge on any atom is -0.387 e. The van der Waals surface area contributed by atoms with E-state index in [1.54, 1.807) is 7.11 Å². The van der Waals surface area contributed by atoms with Crippen LogP contribution < -0.4 is 0 Å². The van der Waals surface area contributed by atoms with Gasteiger partial charge in [0, 0.05) is 20.1 Å². The van der Waals surface area contributed by atoms with E-state index < -0.39 is 5.60 Å². The normalized spacial score (nSPS) is 14.9. The van der Waals surface area contributed by atoms with Crippen LogP contribution in [0.25, 0.3) is 0 Å². The van der Waals surface area contributed by atoms with Crippen LogP contribution in [0.3, 0.4) is 0 Å². The van der Waals surface area contributed by atoms with E-state index in [1.807, 2.05) is 25.5 Å². The van der Waals surface area contributed by atoms with Crippen LogP contribution in [0.5, 0.6) is 0 Å². The van der Waals surface area contributed by atoms with E-state index in [4.69, 9.17) is 16.3 Å². The molecule has 1 rings (SSSR count). The Morgan fingerprint density at radius 1 is 1.47 bits per heavy atom. The maximum Gasteiger partial charge on any atom is 0.0932 e. The number of hydrogen-bond acceptors (Lipinski definition) is 3. The van der Waals surface area contributed by atoms with Crippen molar-refractivity contribution in [3.05, 3.63) is 16.4 Å². The van der Waals surface area contributed by atoms with Crippen LogP contribution in [0, 0.1) is 6.92 Å². The van der Waals surface area contributed by atoms with Gasteiger partial charge in [0.15, 0.2) is 0 Å². The van der Waals surface area contributed by atoms with Gasteiger partial charge in [0.25, 0.3) is 0 Å². The Bertz CT molecular complexity index is 379. The van der Waals surface area contributed by atoms with E-state index >= 15 is 0 Å². The smallest absolute Gasteiger partial charge is 0.0932 e. The molecule has 1 atom stereocenters. The summed E-state index contributed by atoms with van der Waals surface area (Å²) in [6.45, 7) is 6.86. The van der Waals surface area contributed by atoms with Gasteiger partial charge in [-0.1, -0.05) is 18.5 Å². The summed E-state index contributed by atoms with van der Waals surface area (Å²) in [5.41, 5.74) is 0.810. The standard InChI is InChI=1S/C12H21ClN2O2/c1-5-12(16,8-17-4)7-10-11(13)9(3)14-15(10)6-2/h16H,5-8H2,1-4H3. The fraction of sp³-hybridized carbons (Fsp3) is 0.750. The molecule has 0 saturated carbocycles. The van der Waals surface area contributed by atoms with Crippen LogP contribution in [0.4, 0.5) is 0 Å². The average Bonchev–Trinajstić information content (AvgIpc) is 2.57. The molecule has 1 unspecified atom stereocenters. The summed E-state index contributed by atoms with van der Waals surface area (Å²) in [6, 6.07) is 0. The summed E-state index contributed by atoms with van der Waals surface area (Å²) in [5, 5.41) is 15.4. The largest absolute Gasteiger partial charge is 0.387 e. The number of rotatable bonds is 6. The van der Waals surface area contributed by atoms with Crippen LogP contribution in [0.15, 0.2) is 0 Å². The molecule has 0 aromatic carbocycles. The maximum absolute atomic E-state index is 10.4. The zero-order valence-corrected chi connectivity index (χ0v) is 11.7. The molecule has 1 N–H and O–H groups in total. The van der Waals surface area contributed by atoms with Gasteiger partial charge in [-0.15, -0.1) is 0 Å². The van der Waals surface area contributed by atoms with Crippen LogP contribution >= 0.6 is 11.6 Å². The molecule has 0 aliphatic heterocycles. The topological polar surface area (TPSA) is 47.3 Å². The molecule has 1 heterocycles. The van der Waals surface area contributed by atoms with E-state index in [0.717, 1.165) is 17.9 Å². The number of nitrogens with zero attached hydrogens (tertiary/aromatic N) is 2. The number of ether oxygens (including phenoxy) is 1. The van der Waals surface area contributed by atoms with Gasteiger partial charge >= 0.3 is 0 Å². The molecule has 1 aromatic rings. The highest BCUT2D eigenvalue weighted by molar-refractivity contribution is 6.31. The lowest BCUT2D eigenvalue weighted by atomic mass is 9.95. The first-order valence-corrected chi connectivity index (χ1v) is 6.28. The van der Waals surface area contributed by atoms with E-state index in [1.165, 1.54) is 0 Å². The van der Waals surface area contributed by atoms with Crippen LogP contribution in [-0.2, 0) is 17.7 Å². The van der Waals surface area contributed by atoms with Crippen molar-refractivity contribution in [2.24, 2.45) is 0 Å². The molecular formula is C12H21ClN2O2. The van der Waals surface area contributed by atoms with Crippen LogP contribution in [0.1, 0.15) is 31.7 Å². The Labute approximate surface area is 108 Å². The second-order valence-electron chi connectivity index (χ2n) is 4.35. The monoisotopic (exact) mass is 260 g/mol. The zero-order chi connectivity index (χ0) is 13.1. The van der Waals surface area contributed by atoms with Crippen LogP contribution in [-0.4, -0.2) is 34.2 Å². The third kappa shape index (κ3) is 3.21. The summed E-state index contributed by atoms with van der Waals surface area (Å²) in [7, 11) is 1.59. The van der Waals surface area contributed by atoms with E-state index in [2.05, 4.69) is 5.10 Å². The van der Waals surface area contributed by atoms with E-state index in [-0.39, 0.29) is 0 Å². The van der Waals surface area contributed by atoms with Crippen molar-refractivity contribution in [3.63, 3.8) is 0 Å². The first kappa shape index (κ1) is 14.5. The van der Waals surface area contributed by atoms with Gasteiger partial charge in [-0.05, 0) is 20.3 Å². The first-order chi connectivity index (χ1) is 7.97. The molecule has 0 fully saturated rings. The van der Waals surface area contributed by atoms with E-state index in [0.29, 0.717) is 24.5 Å². The summed E-state index contributed by atoms with van der Waals surface area (Å²) < 4.78 is 6.91. The SMILES string of the molecule is CCn1nc(C)c(Cl)c1CC(O)(CC)COC. The highest BCUT2D eigenvalue weighted by atomic mass is 35.5. The first-order valence-electron chi connectivity index (χ1n) is 5.90. The lowest BCUT2D eigenvalue weighted by Crippen LogP contribution is -2.36. The van der Waals surface area contributed by atoms with Crippen LogP contribution in [0.2, 0.25) is 5.02 Å². The fourth-order valence-electron chi connectivity index (χ4n) is 1.90. The number of methoxy groups -OCH3 is 1.